The summed E-state index contributed by atoms with van der Waals surface area (Å²) in [5, 5.41) is 12.8. The Hall–Kier alpha value is -4.75. The number of halogens is 3. The van der Waals surface area contributed by atoms with Crippen LogP contribution in [0.2, 0.25) is 0 Å². The van der Waals surface area contributed by atoms with Crippen LogP contribution in [0.3, 0.4) is 0 Å². The molecule has 53 heavy (non-hydrogen) atoms. The molecule has 18 heteroatoms. The van der Waals surface area contributed by atoms with Crippen LogP contribution in [0.25, 0.3) is 5.57 Å². The van der Waals surface area contributed by atoms with E-state index in [0.29, 0.717) is 32.8 Å². The minimum Gasteiger partial charge on any atom is -0.478 e. The van der Waals surface area contributed by atoms with Crippen molar-refractivity contribution in [1.29, 1.82) is 0 Å². The molecule has 14 nitrogen and oxygen atoms in total. The maximum absolute atomic E-state index is 14.3. The van der Waals surface area contributed by atoms with Crippen molar-refractivity contribution in [2.45, 2.75) is 30.1 Å². The molecule has 0 radical (unpaired) electrons. The van der Waals surface area contributed by atoms with Crippen LogP contribution in [-0.4, -0.2) is 134 Å². The first-order chi connectivity index (χ1) is 25.3. The Morgan fingerprint density at radius 1 is 1.04 bits per heavy atom. The molecule has 282 valence electrons. The van der Waals surface area contributed by atoms with Gasteiger partial charge in [0.1, 0.15) is 18.8 Å². The Morgan fingerprint density at radius 2 is 1.77 bits per heavy atom. The highest BCUT2D eigenvalue weighted by Gasteiger charge is 2.43. The number of hydrogen-bond acceptors (Lipinski definition) is 9. The fourth-order valence-corrected chi connectivity index (χ4v) is 8.15. The molecule has 2 saturated heterocycles. The van der Waals surface area contributed by atoms with Gasteiger partial charge < -0.3 is 25.8 Å². The molecule has 4 aliphatic heterocycles. The first-order valence-corrected chi connectivity index (χ1v) is 18.4. The van der Waals surface area contributed by atoms with Crippen molar-refractivity contribution < 1.29 is 50.4 Å². The van der Waals surface area contributed by atoms with Crippen LogP contribution in [0.15, 0.2) is 75.9 Å². The molecule has 4 heterocycles. The molecule has 4 N–H and O–H groups in total. The van der Waals surface area contributed by atoms with Crippen molar-refractivity contribution in [3.05, 3.63) is 82.7 Å². The molecular weight excluding hydrogens is 719 g/mol. The molecule has 4 aliphatic rings. The van der Waals surface area contributed by atoms with Gasteiger partial charge in [0.05, 0.1) is 34.8 Å². The molecule has 0 saturated carbocycles. The second kappa shape index (κ2) is 15.7. The highest BCUT2D eigenvalue weighted by molar-refractivity contribution is 7.89. The van der Waals surface area contributed by atoms with Crippen LogP contribution in [-0.2, 0) is 41.9 Å². The Balaban J connectivity index is 1.33. The molecule has 2 aromatic carbocycles. The van der Waals surface area contributed by atoms with Gasteiger partial charge in [-0.2, -0.15) is 17.5 Å². The third-order valence-electron chi connectivity index (χ3n) is 9.51. The molecule has 6 rings (SSSR count). The number of sulfonamides is 1. The summed E-state index contributed by atoms with van der Waals surface area (Å²) >= 11 is 0. The second-order valence-corrected chi connectivity index (χ2v) is 14.7. The maximum atomic E-state index is 14.3. The summed E-state index contributed by atoms with van der Waals surface area (Å²) in [5.74, 6) is -2.49. The van der Waals surface area contributed by atoms with E-state index in [2.05, 4.69) is 15.2 Å². The van der Waals surface area contributed by atoms with Crippen LogP contribution in [0.5, 0.6) is 0 Å². The first-order valence-electron chi connectivity index (χ1n) is 17.0. The number of hydrogen-bond donors (Lipinski definition) is 3. The van der Waals surface area contributed by atoms with Crippen molar-refractivity contribution in [2.75, 3.05) is 65.6 Å². The number of aliphatic imine (C=N–C) groups is 1. The molecule has 0 spiro atoms. The largest absolute Gasteiger partial charge is 0.478 e. The van der Waals surface area contributed by atoms with Crippen LogP contribution in [0.1, 0.15) is 23.1 Å². The van der Waals surface area contributed by atoms with Gasteiger partial charge >= 0.3 is 23.9 Å². The minimum atomic E-state index is -4.75. The predicted octanol–water partition coefficient (Wildman–Crippen LogP) is 1.14. The molecule has 2 aromatic rings. The third-order valence-corrected chi connectivity index (χ3v) is 11.4. The quantitative estimate of drug-likeness (QED) is 0.300. The molecule has 1 atom stereocenters. The Bertz CT molecular complexity index is 2010. The molecule has 0 bridgehead atoms. The van der Waals surface area contributed by atoms with Gasteiger partial charge in [0.2, 0.25) is 15.9 Å². The number of aliphatic carboxylic acids is 1. The van der Waals surface area contributed by atoms with Crippen molar-refractivity contribution in [1.82, 2.24) is 19.4 Å². The number of ether oxygens (including phenoxy) is 1. The van der Waals surface area contributed by atoms with Gasteiger partial charge in [-0.1, -0.05) is 30.3 Å². The van der Waals surface area contributed by atoms with Crippen LogP contribution >= 0.6 is 0 Å². The average molecular weight is 759 g/mol. The number of carboxylic acid groups (broad SMARTS) is 1. The van der Waals surface area contributed by atoms with E-state index in [9.17, 15) is 41.1 Å². The number of alkyl halides is 3. The number of benzene rings is 2. The number of morpholine rings is 1. The lowest BCUT2D eigenvalue weighted by Crippen LogP contribution is -2.53. The lowest BCUT2D eigenvalue weighted by atomic mass is 9.95. The van der Waals surface area contributed by atoms with E-state index in [-0.39, 0.29) is 84.4 Å². The zero-order valence-electron chi connectivity index (χ0n) is 28.6. The number of rotatable bonds is 10. The number of nitrogens with zero attached hydrogens (tertiary/aromatic N) is 5. The third kappa shape index (κ3) is 8.26. The summed E-state index contributed by atoms with van der Waals surface area (Å²) in [7, 11) is -3.98. The number of carbonyl (C=O) groups is 3. The average Bonchev–Trinajstić information content (AvgIpc) is 3.45. The van der Waals surface area contributed by atoms with Gasteiger partial charge in [0, 0.05) is 52.4 Å². The van der Waals surface area contributed by atoms with Crippen LogP contribution in [0, 0.1) is 0 Å². The summed E-state index contributed by atoms with van der Waals surface area (Å²) < 4.78 is 77.1. The summed E-state index contributed by atoms with van der Waals surface area (Å²) in [4.78, 5) is 48.1. The number of carbonyl (C=O) groups excluding carboxylic acids is 2. The fraction of sp³-hybridized carbons (Fsp3) is 0.400. The normalized spacial score (nSPS) is 20.3. The van der Waals surface area contributed by atoms with E-state index in [1.54, 1.807) is 18.2 Å². The number of nitrogens with one attached hydrogen (secondary N) is 1. The van der Waals surface area contributed by atoms with Gasteiger partial charge in [0.15, 0.2) is 0 Å². The SMILES string of the molecule is NCc1ccc(C2=C3N=C(C(=O)N4CCN(S(=O)(=O)c5ccccc5)CC[C@H]4C(=O)NCCN4CCOCC4)C=[N+]3CC(C(=O)O)=C2)cc1C(F)(F)F. The van der Waals surface area contributed by atoms with E-state index >= 15 is 0 Å². The zero-order valence-corrected chi connectivity index (χ0v) is 29.4. The van der Waals surface area contributed by atoms with Gasteiger partial charge in [0.25, 0.3) is 5.71 Å². The lowest BCUT2D eigenvalue weighted by Gasteiger charge is -2.29. The number of amides is 2. The van der Waals surface area contributed by atoms with Crippen LogP contribution < -0.4 is 11.1 Å². The van der Waals surface area contributed by atoms with Crippen molar-refractivity contribution >= 4 is 45.3 Å². The highest BCUT2D eigenvalue weighted by Crippen LogP contribution is 2.37. The Morgan fingerprint density at radius 3 is 2.45 bits per heavy atom. The number of allylic oxidation sites excluding steroid dienone is 2. The Kier molecular flexibility index (Phi) is 11.2. The number of fused-ring (bicyclic) bond motifs is 1. The van der Waals surface area contributed by atoms with Gasteiger partial charge in [-0.05, 0) is 46.8 Å². The van der Waals surface area contributed by atoms with Gasteiger partial charge in [-0.25, -0.2) is 17.8 Å². The zero-order chi connectivity index (χ0) is 37.9. The smallest absolute Gasteiger partial charge is 0.416 e. The van der Waals surface area contributed by atoms with E-state index < -0.39 is 45.6 Å². The Labute approximate surface area is 303 Å². The molecule has 0 aliphatic carbocycles. The minimum absolute atomic E-state index is 0.00730. The van der Waals surface area contributed by atoms with Crippen LogP contribution in [0.4, 0.5) is 13.2 Å². The molecular formula is C35H39F3N7O7S+. The molecule has 0 aromatic heterocycles. The first kappa shape index (κ1) is 38.0. The summed E-state index contributed by atoms with van der Waals surface area (Å²) in [6.45, 7) is 2.36. The summed E-state index contributed by atoms with van der Waals surface area (Å²) in [6, 6.07) is 10.2. The van der Waals surface area contributed by atoms with Crippen molar-refractivity contribution in [3.63, 3.8) is 0 Å². The van der Waals surface area contributed by atoms with Gasteiger partial charge in [-0.3, -0.25) is 14.5 Å². The van der Waals surface area contributed by atoms with E-state index in [0.717, 1.165) is 6.07 Å². The van der Waals surface area contributed by atoms with E-state index in [1.165, 1.54) is 50.3 Å². The highest BCUT2D eigenvalue weighted by atomic mass is 32.2. The van der Waals surface area contributed by atoms with Crippen molar-refractivity contribution in [3.8, 4) is 0 Å². The van der Waals surface area contributed by atoms with E-state index in [1.807, 2.05) is 0 Å². The number of nitrogens with two attached hydrogens (primary N) is 1. The van der Waals surface area contributed by atoms with Gasteiger partial charge in [-0.15, -0.1) is 0 Å². The lowest BCUT2D eigenvalue weighted by molar-refractivity contribution is -0.459. The fourth-order valence-electron chi connectivity index (χ4n) is 6.68. The predicted molar refractivity (Wildman–Crippen MR) is 186 cm³/mol. The van der Waals surface area contributed by atoms with E-state index in [4.69, 9.17) is 10.5 Å². The molecule has 2 amide bonds. The monoisotopic (exact) mass is 758 g/mol. The molecule has 0 unspecified atom stereocenters. The summed E-state index contributed by atoms with van der Waals surface area (Å²) in [6.07, 6.45) is -2.27. The molecule has 2 fully saturated rings. The maximum Gasteiger partial charge on any atom is 0.416 e. The summed E-state index contributed by atoms with van der Waals surface area (Å²) in [5.41, 5.74) is 4.11. The standard InChI is InChI=1S/C35H38F3N7O7S/c36-35(37,38)28-19-23(6-7-24(28)20-39)27-18-25(34(48)49)21-43-22-29(41-31(27)43)33(47)45-13-12-44(53(50,51)26-4-2-1-3-5-26)10-8-30(45)32(46)40-9-11-42-14-16-52-17-15-42/h1-7,18-19,22,30H,8-17,20-21,39H2,(H-,40,46,48,49)/p+1/t30-/m0/s1. The number of carboxylic acids is 1. The second-order valence-electron chi connectivity index (χ2n) is 12.8. The van der Waals surface area contributed by atoms with Crippen molar-refractivity contribution in [2.24, 2.45) is 10.7 Å². The topological polar surface area (TPSA) is 178 Å².